The Hall–Kier alpha value is -0.0800. The summed E-state index contributed by atoms with van der Waals surface area (Å²) in [7, 11) is 0. The van der Waals surface area contributed by atoms with Crippen molar-refractivity contribution in [3.05, 3.63) is 0 Å². The smallest absolute Gasteiger partial charge is 0.0243 e. The maximum atomic E-state index is 3.59. The van der Waals surface area contributed by atoms with Gasteiger partial charge in [-0.05, 0) is 33.1 Å². The number of rotatable bonds is 6. The minimum Gasteiger partial charge on any atom is -0.252 e. The molecule has 0 bridgehead atoms. The molecule has 2 nitrogen and oxygen atoms in total. The van der Waals surface area contributed by atoms with Gasteiger partial charge in [-0.25, -0.2) is 5.01 Å². The van der Waals surface area contributed by atoms with Crippen molar-refractivity contribution in [2.45, 2.75) is 71.4 Å². The fraction of sp³-hybridized carbons (Fsp3) is 1.00. The zero-order valence-corrected chi connectivity index (χ0v) is 10.1. The lowest BCUT2D eigenvalue weighted by atomic mass is 10.2. The Morgan fingerprint density at radius 2 is 1.93 bits per heavy atom. The van der Waals surface area contributed by atoms with Crippen LogP contribution >= 0.6 is 0 Å². The Morgan fingerprint density at radius 1 is 1.29 bits per heavy atom. The van der Waals surface area contributed by atoms with E-state index in [1.54, 1.807) is 0 Å². The minimum absolute atomic E-state index is 0.576. The molecular formula is C12H26N2. The molecular weight excluding hydrogens is 172 g/mol. The lowest BCUT2D eigenvalue weighted by Gasteiger charge is -2.31. The summed E-state index contributed by atoms with van der Waals surface area (Å²) in [5.74, 6) is 0. The number of unbranched alkanes of at least 4 members (excludes halogenated alkanes) is 1. The highest BCUT2D eigenvalue weighted by molar-refractivity contribution is 4.75. The Bertz CT molecular complexity index is 139. The van der Waals surface area contributed by atoms with E-state index >= 15 is 0 Å². The molecule has 1 aliphatic carbocycles. The maximum absolute atomic E-state index is 3.59. The first-order chi connectivity index (χ1) is 6.74. The van der Waals surface area contributed by atoms with Crippen LogP contribution < -0.4 is 5.43 Å². The van der Waals surface area contributed by atoms with Crippen molar-refractivity contribution >= 4 is 0 Å². The summed E-state index contributed by atoms with van der Waals surface area (Å²) in [4.78, 5) is 0. The third-order valence-corrected chi connectivity index (χ3v) is 2.94. The summed E-state index contributed by atoms with van der Waals surface area (Å²) >= 11 is 0. The summed E-state index contributed by atoms with van der Waals surface area (Å²) in [5.41, 5.74) is 3.59. The van der Waals surface area contributed by atoms with Crippen LogP contribution in [0.3, 0.4) is 0 Å². The van der Waals surface area contributed by atoms with Gasteiger partial charge >= 0.3 is 0 Å². The number of hydrogen-bond donors (Lipinski definition) is 1. The van der Waals surface area contributed by atoms with Crippen molar-refractivity contribution in [2.75, 3.05) is 6.54 Å². The first kappa shape index (κ1) is 12.0. The molecule has 0 saturated heterocycles. The minimum atomic E-state index is 0.576. The van der Waals surface area contributed by atoms with Gasteiger partial charge in [0.25, 0.3) is 0 Å². The molecule has 1 fully saturated rings. The van der Waals surface area contributed by atoms with Crippen molar-refractivity contribution in [3.8, 4) is 0 Å². The van der Waals surface area contributed by atoms with E-state index < -0.39 is 0 Å². The van der Waals surface area contributed by atoms with Gasteiger partial charge in [-0.1, -0.05) is 26.2 Å². The predicted octanol–water partition coefficient (Wildman–Crippen LogP) is 2.94. The molecule has 14 heavy (non-hydrogen) atoms. The van der Waals surface area contributed by atoms with Crippen LogP contribution in [-0.4, -0.2) is 23.6 Å². The molecule has 0 amide bonds. The first-order valence-corrected chi connectivity index (χ1v) is 6.27. The van der Waals surface area contributed by atoms with Crippen LogP contribution in [-0.2, 0) is 0 Å². The van der Waals surface area contributed by atoms with Gasteiger partial charge in [-0.15, -0.1) is 0 Å². The van der Waals surface area contributed by atoms with E-state index in [2.05, 4.69) is 31.2 Å². The lowest BCUT2D eigenvalue weighted by Crippen LogP contribution is -2.48. The summed E-state index contributed by atoms with van der Waals surface area (Å²) in [6.07, 6.45) is 8.24. The Balaban J connectivity index is 2.34. The monoisotopic (exact) mass is 198 g/mol. The standard InChI is InChI=1S/C12H26N2/c1-4-5-10-14(13-11(2)3)12-8-6-7-9-12/h11-13H,4-10H2,1-3H3. The molecule has 1 saturated carbocycles. The van der Waals surface area contributed by atoms with Crippen molar-refractivity contribution < 1.29 is 0 Å². The molecule has 84 valence electrons. The Labute approximate surface area is 89.0 Å². The van der Waals surface area contributed by atoms with Gasteiger partial charge in [-0.2, -0.15) is 0 Å². The maximum Gasteiger partial charge on any atom is 0.0243 e. The SMILES string of the molecule is CCCCN(NC(C)C)C1CCCC1. The summed E-state index contributed by atoms with van der Waals surface area (Å²) in [6, 6.07) is 1.39. The van der Waals surface area contributed by atoms with Crippen molar-refractivity contribution in [3.63, 3.8) is 0 Å². The zero-order chi connectivity index (χ0) is 10.4. The van der Waals surface area contributed by atoms with Crippen LogP contribution in [0.15, 0.2) is 0 Å². The van der Waals surface area contributed by atoms with Gasteiger partial charge in [0.1, 0.15) is 0 Å². The second-order valence-corrected chi connectivity index (χ2v) is 4.77. The van der Waals surface area contributed by atoms with Gasteiger partial charge in [0.15, 0.2) is 0 Å². The molecule has 1 N–H and O–H groups in total. The fourth-order valence-electron chi connectivity index (χ4n) is 2.23. The molecule has 0 unspecified atom stereocenters. The topological polar surface area (TPSA) is 15.3 Å². The summed E-state index contributed by atoms with van der Waals surface area (Å²) < 4.78 is 0. The van der Waals surface area contributed by atoms with E-state index in [-0.39, 0.29) is 0 Å². The molecule has 0 atom stereocenters. The molecule has 1 aliphatic rings. The van der Waals surface area contributed by atoms with Crippen LogP contribution in [0.1, 0.15) is 59.3 Å². The van der Waals surface area contributed by atoms with Crippen molar-refractivity contribution in [2.24, 2.45) is 0 Å². The molecule has 0 spiro atoms. The van der Waals surface area contributed by atoms with E-state index in [1.807, 2.05) is 0 Å². The average molecular weight is 198 g/mol. The molecule has 0 aromatic rings. The molecule has 1 rings (SSSR count). The normalized spacial score (nSPS) is 18.6. The van der Waals surface area contributed by atoms with Crippen LogP contribution in [0.2, 0.25) is 0 Å². The van der Waals surface area contributed by atoms with E-state index in [0.717, 1.165) is 6.04 Å². The Morgan fingerprint density at radius 3 is 2.43 bits per heavy atom. The highest BCUT2D eigenvalue weighted by Gasteiger charge is 2.22. The molecule has 0 aromatic heterocycles. The summed E-state index contributed by atoms with van der Waals surface area (Å²) in [6.45, 7) is 7.95. The van der Waals surface area contributed by atoms with E-state index in [4.69, 9.17) is 0 Å². The highest BCUT2D eigenvalue weighted by atomic mass is 15.5. The largest absolute Gasteiger partial charge is 0.252 e. The Kier molecular flexibility index (Phi) is 5.49. The number of nitrogens with one attached hydrogen (secondary N) is 1. The van der Waals surface area contributed by atoms with Crippen LogP contribution in [0, 0.1) is 0 Å². The number of nitrogens with zero attached hydrogens (tertiary/aromatic N) is 1. The first-order valence-electron chi connectivity index (χ1n) is 6.27. The molecule has 0 heterocycles. The lowest BCUT2D eigenvalue weighted by molar-refractivity contribution is 0.107. The molecule has 2 heteroatoms. The van der Waals surface area contributed by atoms with Gasteiger partial charge < -0.3 is 0 Å². The van der Waals surface area contributed by atoms with Gasteiger partial charge in [0, 0.05) is 18.6 Å². The van der Waals surface area contributed by atoms with Gasteiger partial charge in [0.05, 0.1) is 0 Å². The average Bonchev–Trinajstić information content (AvgIpc) is 2.64. The van der Waals surface area contributed by atoms with Crippen LogP contribution in [0.25, 0.3) is 0 Å². The number of hydrazine groups is 1. The predicted molar refractivity (Wildman–Crippen MR) is 62.1 cm³/mol. The third kappa shape index (κ3) is 3.97. The highest BCUT2D eigenvalue weighted by Crippen LogP contribution is 2.22. The van der Waals surface area contributed by atoms with Crippen molar-refractivity contribution in [1.29, 1.82) is 0 Å². The van der Waals surface area contributed by atoms with E-state index in [9.17, 15) is 0 Å². The van der Waals surface area contributed by atoms with E-state index in [1.165, 1.54) is 45.1 Å². The second kappa shape index (κ2) is 6.41. The van der Waals surface area contributed by atoms with E-state index in [0.29, 0.717) is 6.04 Å². The van der Waals surface area contributed by atoms with Gasteiger partial charge in [0.2, 0.25) is 0 Å². The quantitative estimate of drug-likeness (QED) is 0.660. The second-order valence-electron chi connectivity index (χ2n) is 4.77. The summed E-state index contributed by atoms with van der Waals surface area (Å²) in [5, 5.41) is 2.50. The van der Waals surface area contributed by atoms with Crippen LogP contribution in [0.5, 0.6) is 0 Å². The number of hydrogen-bond acceptors (Lipinski definition) is 2. The molecule has 0 radical (unpaired) electrons. The zero-order valence-electron chi connectivity index (χ0n) is 10.1. The van der Waals surface area contributed by atoms with Crippen LogP contribution in [0.4, 0.5) is 0 Å². The van der Waals surface area contributed by atoms with Crippen molar-refractivity contribution in [1.82, 2.24) is 10.4 Å². The molecule has 0 aromatic carbocycles. The molecule has 0 aliphatic heterocycles. The fourth-order valence-corrected chi connectivity index (χ4v) is 2.23. The third-order valence-electron chi connectivity index (χ3n) is 2.94. The van der Waals surface area contributed by atoms with Gasteiger partial charge in [-0.3, -0.25) is 5.43 Å².